The Bertz CT molecular complexity index is 388. The van der Waals surface area contributed by atoms with Gasteiger partial charge in [-0.25, -0.2) is 0 Å². The van der Waals surface area contributed by atoms with Gasteiger partial charge in [0.2, 0.25) is 0 Å². The highest BCUT2D eigenvalue weighted by Crippen LogP contribution is 2.25. The Morgan fingerprint density at radius 2 is 2.05 bits per heavy atom. The van der Waals surface area contributed by atoms with Gasteiger partial charge in [0.1, 0.15) is 11.9 Å². The molecule has 0 aromatic heterocycles. The fourth-order valence-corrected chi connectivity index (χ4v) is 1.97. The van der Waals surface area contributed by atoms with Crippen molar-refractivity contribution in [1.82, 2.24) is 0 Å². The third-order valence-corrected chi connectivity index (χ3v) is 3.21. The van der Waals surface area contributed by atoms with Crippen LogP contribution in [0.25, 0.3) is 0 Å². The standard InChI is InChI=1S/C15H20O4/c1-17-13-7-5-12(6-8-13)11-18-9-3-2-4-14-15(10-16)19-14/h5-8,10,14-15H,2-4,9,11H2,1H3/t14-,15-/m0/s1. The van der Waals surface area contributed by atoms with Crippen LogP contribution in [0.15, 0.2) is 24.3 Å². The smallest absolute Gasteiger partial charge is 0.151 e. The van der Waals surface area contributed by atoms with Crippen molar-refractivity contribution in [3.8, 4) is 5.75 Å². The van der Waals surface area contributed by atoms with Crippen LogP contribution in [0.4, 0.5) is 0 Å². The van der Waals surface area contributed by atoms with Crippen molar-refractivity contribution in [1.29, 1.82) is 0 Å². The van der Waals surface area contributed by atoms with Gasteiger partial charge in [-0.2, -0.15) is 0 Å². The Morgan fingerprint density at radius 3 is 2.68 bits per heavy atom. The summed E-state index contributed by atoms with van der Waals surface area (Å²) in [7, 11) is 1.66. The summed E-state index contributed by atoms with van der Waals surface area (Å²) in [4.78, 5) is 10.4. The van der Waals surface area contributed by atoms with Crippen molar-refractivity contribution in [2.45, 2.75) is 38.1 Å². The lowest BCUT2D eigenvalue weighted by atomic mass is 10.1. The maximum atomic E-state index is 10.4. The van der Waals surface area contributed by atoms with Gasteiger partial charge in [0.15, 0.2) is 6.29 Å². The Balaban J connectivity index is 1.50. The number of methoxy groups -OCH3 is 1. The molecule has 1 fully saturated rings. The Labute approximate surface area is 113 Å². The average molecular weight is 264 g/mol. The fourth-order valence-electron chi connectivity index (χ4n) is 1.97. The van der Waals surface area contributed by atoms with E-state index in [1.54, 1.807) is 7.11 Å². The lowest BCUT2D eigenvalue weighted by molar-refractivity contribution is -0.108. The second-order valence-corrected chi connectivity index (χ2v) is 4.67. The summed E-state index contributed by atoms with van der Waals surface area (Å²) in [6.45, 7) is 1.37. The van der Waals surface area contributed by atoms with Crippen LogP contribution in [0.2, 0.25) is 0 Å². The molecular weight excluding hydrogens is 244 g/mol. The minimum absolute atomic E-state index is 0.139. The van der Waals surface area contributed by atoms with E-state index in [1.807, 2.05) is 24.3 Å². The van der Waals surface area contributed by atoms with E-state index < -0.39 is 0 Å². The largest absolute Gasteiger partial charge is 0.497 e. The van der Waals surface area contributed by atoms with E-state index in [0.717, 1.165) is 43.5 Å². The van der Waals surface area contributed by atoms with Gasteiger partial charge in [0.25, 0.3) is 0 Å². The number of hydrogen-bond donors (Lipinski definition) is 0. The van der Waals surface area contributed by atoms with E-state index in [0.29, 0.717) is 6.61 Å². The molecule has 104 valence electrons. The van der Waals surface area contributed by atoms with Crippen LogP contribution in [0.5, 0.6) is 5.75 Å². The molecule has 0 N–H and O–H groups in total. The zero-order valence-corrected chi connectivity index (χ0v) is 11.2. The van der Waals surface area contributed by atoms with E-state index in [9.17, 15) is 4.79 Å². The molecule has 0 unspecified atom stereocenters. The predicted molar refractivity (Wildman–Crippen MR) is 71.2 cm³/mol. The fraction of sp³-hybridized carbons (Fsp3) is 0.533. The minimum atomic E-state index is -0.139. The van der Waals surface area contributed by atoms with Gasteiger partial charge in [-0.1, -0.05) is 12.1 Å². The number of aldehydes is 1. The van der Waals surface area contributed by atoms with E-state index in [1.165, 1.54) is 0 Å². The molecular formula is C15H20O4. The van der Waals surface area contributed by atoms with Gasteiger partial charge >= 0.3 is 0 Å². The van der Waals surface area contributed by atoms with Crippen molar-refractivity contribution >= 4 is 6.29 Å². The topological polar surface area (TPSA) is 48.1 Å². The van der Waals surface area contributed by atoms with Crippen LogP contribution < -0.4 is 4.74 Å². The van der Waals surface area contributed by atoms with Gasteiger partial charge in [-0.15, -0.1) is 0 Å². The number of carbonyl (C=O) groups excluding carboxylic acids is 1. The summed E-state index contributed by atoms with van der Waals surface area (Å²) in [6.07, 6.45) is 3.90. The van der Waals surface area contributed by atoms with Crippen molar-refractivity contribution < 1.29 is 19.0 Å². The summed E-state index contributed by atoms with van der Waals surface area (Å²) in [5.74, 6) is 0.859. The summed E-state index contributed by atoms with van der Waals surface area (Å²) in [5, 5.41) is 0. The molecule has 1 heterocycles. The molecule has 0 bridgehead atoms. The molecule has 19 heavy (non-hydrogen) atoms. The maximum absolute atomic E-state index is 10.4. The number of hydrogen-bond acceptors (Lipinski definition) is 4. The second kappa shape index (κ2) is 7.26. The van der Waals surface area contributed by atoms with Crippen molar-refractivity contribution in [3.63, 3.8) is 0 Å². The van der Waals surface area contributed by atoms with Gasteiger partial charge in [-0.3, -0.25) is 0 Å². The van der Waals surface area contributed by atoms with Crippen LogP contribution in [0.1, 0.15) is 24.8 Å². The molecule has 0 amide bonds. The lowest BCUT2D eigenvalue weighted by Crippen LogP contribution is -1.98. The number of epoxide rings is 1. The van der Waals surface area contributed by atoms with E-state index in [4.69, 9.17) is 14.2 Å². The average Bonchev–Trinajstić information content (AvgIpc) is 3.22. The first kappa shape index (κ1) is 14.0. The molecule has 1 aliphatic rings. The maximum Gasteiger partial charge on any atom is 0.151 e. The molecule has 4 heteroatoms. The van der Waals surface area contributed by atoms with Crippen LogP contribution >= 0.6 is 0 Å². The predicted octanol–water partition coefficient (Wildman–Crippen LogP) is 2.35. The third kappa shape index (κ3) is 4.65. The Kier molecular flexibility index (Phi) is 5.36. The molecule has 2 rings (SSSR count). The molecule has 0 radical (unpaired) electrons. The van der Waals surface area contributed by atoms with E-state index in [-0.39, 0.29) is 12.2 Å². The van der Waals surface area contributed by atoms with Crippen molar-refractivity contribution in [2.24, 2.45) is 0 Å². The zero-order chi connectivity index (χ0) is 13.5. The number of ether oxygens (including phenoxy) is 3. The molecule has 2 atom stereocenters. The molecule has 1 aromatic rings. The SMILES string of the molecule is COc1ccc(COCCCC[C@@H]2O[C@H]2C=O)cc1. The van der Waals surface area contributed by atoms with E-state index >= 15 is 0 Å². The third-order valence-electron chi connectivity index (χ3n) is 3.21. The lowest BCUT2D eigenvalue weighted by Gasteiger charge is -2.05. The van der Waals surface area contributed by atoms with Gasteiger partial charge in [-0.05, 0) is 37.0 Å². The Hall–Kier alpha value is -1.39. The van der Waals surface area contributed by atoms with Gasteiger partial charge in [0.05, 0.1) is 19.8 Å². The van der Waals surface area contributed by atoms with Crippen LogP contribution in [-0.4, -0.2) is 32.2 Å². The number of benzene rings is 1. The van der Waals surface area contributed by atoms with Crippen LogP contribution in [0.3, 0.4) is 0 Å². The van der Waals surface area contributed by atoms with Crippen molar-refractivity contribution in [3.05, 3.63) is 29.8 Å². The monoisotopic (exact) mass is 264 g/mol. The van der Waals surface area contributed by atoms with Crippen LogP contribution in [-0.2, 0) is 20.9 Å². The second-order valence-electron chi connectivity index (χ2n) is 4.67. The van der Waals surface area contributed by atoms with Gasteiger partial charge < -0.3 is 19.0 Å². The molecule has 0 spiro atoms. The number of carbonyl (C=O) groups is 1. The molecule has 1 aliphatic heterocycles. The summed E-state index contributed by atoms with van der Waals surface area (Å²) < 4.78 is 15.8. The Morgan fingerprint density at radius 1 is 1.26 bits per heavy atom. The minimum Gasteiger partial charge on any atom is -0.497 e. The normalized spacial score (nSPS) is 21.1. The summed E-state index contributed by atoms with van der Waals surface area (Å²) in [5.41, 5.74) is 1.15. The highest BCUT2D eigenvalue weighted by atomic mass is 16.6. The zero-order valence-electron chi connectivity index (χ0n) is 11.2. The summed E-state index contributed by atoms with van der Waals surface area (Å²) >= 11 is 0. The molecule has 1 saturated heterocycles. The highest BCUT2D eigenvalue weighted by molar-refractivity contribution is 5.60. The van der Waals surface area contributed by atoms with Crippen LogP contribution in [0, 0.1) is 0 Å². The quantitative estimate of drug-likeness (QED) is 0.390. The summed E-state index contributed by atoms with van der Waals surface area (Å²) in [6, 6.07) is 7.88. The highest BCUT2D eigenvalue weighted by Gasteiger charge is 2.37. The molecule has 0 saturated carbocycles. The van der Waals surface area contributed by atoms with E-state index in [2.05, 4.69) is 0 Å². The number of unbranched alkanes of at least 4 members (excludes halogenated alkanes) is 1. The molecule has 0 aliphatic carbocycles. The molecule has 4 nitrogen and oxygen atoms in total. The number of rotatable bonds is 9. The first-order valence-corrected chi connectivity index (χ1v) is 6.65. The van der Waals surface area contributed by atoms with Gasteiger partial charge in [0, 0.05) is 6.61 Å². The first-order chi connectivity index (χ1) is 9.33. The molecule has 1 aromatic carbocycles. The van der Waals surface area contributed by atoms with Crippen molar-refractivity contribution in [2.75, 3.05) is 13.7 Å². The first-order valence-electron chi connectivity index (χ1n) is 6.65.